The first-order valence-electron chi connectivity index (χ1n) is 8.33. The van der Waals surface area contributed by atoms with Crippen LogP contribution in [0.25, 0.3) is 0 Å². The number of halogens is 1. The SMILES string of the molecule is CC(C)CCCC(C)NC(N)=NCCC(=O)N1CCCC1.I. The largest absolute Gasteiger partial charge is 0.370 e. The Kier molecular flexibility index (Phi) is 11.7. The van der Waals surface area contributed by atoms with Crippen molar-refractivity contribution < 1.29 is 4.79 Å². The maximum absolute atomic E-state index is 11.8. The van der Waals surface area contributed by atoms with Crippen molar-refractivity contribution >= 4 is 35.8 Å². The fraction of sp³-hybridized carbons (Fsp3) is 0.875. The van der Waals surface area contributed by atoms with Crippen molar-refractivity contribution in [3.05, 3.63) is 0 Å². The molecule has 1 unspecified atom stereocenters. The first kappa shape index (κ1) is 21.5. The quantitative estimate of drug-likeness (QED) is 0.358. The van der Waals surface area contributed by atoms with E-state index in [-0.39, 0.29) is 29.9 Å². The third-order valence-corrected chi connectivity index (χ3v) is 3.88. The van der Waals surface area contributed by atoms with Gasteiger partial charge in [-0.15, -0.1) is 24.0 Å². The summed E-state index contributed by atoms with van der Waals surface area (Å²) in [5.74, 6) is 1.41. The Hall–Kier alpha value is -0.530. The fourth-order valence-corrected chi connectivity index (χ4v) is 2.60. The normalized spacial score (nSPS) is 16.5. The zero-order chi connectivity index (χ0) is 15.7. The molecule has 22 heavy (non-hydrogen) atoms. The number of nitrogens with two attached hydrogens (primary N) is 1. The van der Waals surface area contributed by atoms with E-state index in [1.54, 1.807) is 0 Å². The van der Waals surface area contributed by atoms with Crippen LogP contribution in [0.1, 0.15) is 59.3 Å². The minimum absolute atomic E-state index is 0. The Morgan fingerprint density at radius 2 is 1.86 bits per heavy atom. The lowest BCUT2D eigenvalue weighted by Crippen LogP contribution is -2.38. The van der Waals surface area contributed by atoms with E-state index in [1.165, 1.54) is 12.8 Å². The van der Waals surface area contributed by atoms with Gasteiger partial charge in [0.15, 0.2) is 5.96 Å². The Balaban J connectivity index is 0.00000441. The van der Waals surface area contributed by atoms with E-state index in [1.807, 2.05) is 4.90 Å². The number of nitrogens with zero attached hydrogens (tertiary/aromatic N) is 2. The molecule has 1 saturated heterocycles. The molecule has 6 heteroatoms. The molecule has 3 N–H and O–H groups in total. The number of guanidine groups is 1. The highest BCUT2D eigenvalue weighted by molar-refractivity contribution is 14.0. The third-order valence-electron chi connectivity index (χ3n) is 3.88. The Bertz CT molecular complexity index is 341. The highest BCUT2D eigenvalue weighted by Gasteiger charge is 2.16. The second-order valence-electron chi connectivity index (χ2n) is 6.47. The van der Waals surface area contributed by atoms with Gasteiger partial charge in [0.05, 0.1) is 6.54 Å². The standard InChI is InChI=1S/C16H32N4O.HI/c1-13(2)7-6-8-14(3)19-16(17)18-10-9-15(21)20-11-4-5-12-20;/h13-14H,4-12H2,1-3H3,(H3,17,18,19);1H. The number of hydrogen-bond acceptors (Lipinski definition) is 2. The molecule has 0 aromatic heterocycles. The summed E-state index contributed by atoms with van der Waals surface area (Å²) >= 11 is 0. The number of nitrogens with one attached hydrogen (secondary N) is 1. The molecule has 0 spiro atoms. The predicted octanol–water partition coefficient (Wildman–Crippen LogP) is 2.74. The molecule has 0 aromatic carbocycles. The zero-order valence-electron chi connectivity index (χ0n) is 14.3. The number of likely N-dealkylation sites (tertiary alicyclic amines) is 1. The molecule has 1 amide bonds. The van der Waals surface area contributed by atoms with Crippen molar-refractivity contribution in [1.82, 2.24) is 10.2 Å². The number of carbonyl (C=O) groups excluding carboxylic acids is 1. The molecule has 0 bridgehead atoms. The number of carbonyl (C=O) groups is 1. The molecule has 0 aliphatic carbocycles. The van der Waals surface area contributed by atoms with E-state index < -0.39 is 0 Å². The number of rotatable bonds is 8. The van der Waals surface area contributed by atoms with Crippen LogP contribution in [0.15, 0.2) is 4.99 Å². The van der Waals surface area contributed by atoms with Gasteiger partial charge in [0.1, 0.15) is 0 Å². The lowest BCUT2D eigenvalue weighted by Gasteiger charge is -2.16. The van der Waals surface area contributed by atoms with Crippen molar-refractivity contribution in [3.8, 4) is 0 Å². The molecule has 130 valence electrons. The molecule has 0 aromatic rings. The van der Waals surface area contributed by atoms with Crippen LogP contribution in [0.5, 0.6) is 0 Å². The van der Waals surface area contributed by atoms with E-state index in [4.69, 9.17) is 5.73 Å². The summed E-state index contributed by atoms with van der Waals surface area (Å²) in [5.41, 5.74) is 5.86. The molecule has 1 aliphatic heterocycles. The maximum atomic E-state index is 11.8. The molecular weight excluding hydrogens is 391 g/mol. The van der Waals surface area contributed by atoms with Gasteiger partial charge in [-0.2, -0.15) is 0 Å². The van der Waals surface area contributed by atoms with Crippen molar-refractivity contribution in [2.24, 2.45) is 16.6 Å². The summed E-state index contributed by atoms with van der Waals surface area (Å²) in [6, 6.07) is 0.335. The van der Waals surface area contributed by atoms with Gasteiger partial charge in [0.25, 0.3) is 0 Å². The van der Waals surface area contributed by atoms with E-state index in [0.29, 0.717) is 25.0 Å². The van der Waals surface area contributed by atoms with Gasteiger partial charge in [-0.05, 0) is 32.1 Å². The highest BCUT2D eigenvalue weighted by atomic mass is 127. The summed E-state index contributed by atoms with van der Waals surface area (Å²) < 4.78 is 0. The van der Waals surface area contributed by atoms with Gasteiger partial charge in [-0.1, -0.05) is 26.7 Å². The molecule has 0 saturated carbocycles. The Morgan fingerprint density at radius 3 is 2.45 bits per heavy atom. The minimum Gasteiger partial charge on any atom is -0.370 e. The number of aliphatic imine (C=N–C) groups is 1. The number of amides is 1. The second-order valence-corrected chi connectivity index (χ2v) is 6.47. The van der Waals surface area contributed by atoms with Crippen LogP contribution >= 0.6 is 24.0 Å². The van der Waals surface area contributed by atoms with Crippen LogP contribution in [-0.4, -0.2) is 42.4 Å². The van der Waals surface area contributed by atoms with E-state index in [9.17, 15) is 4.79 Å². The van der Waals surface area contributed by atoms with Crippen LogP contribution in [0.2, 0.25) is 0 Å². The van der Waals surface area contributed by atoms with E-state index >= 15 is 0 Å². The van der Waals surface area contributed by atoms with E-state index in [2.05, 4.69) is 31.1 Å². The van der Waals surface area contributed by atoms with Crippen LogP contribution in [0.4, 0.5) is 0 Å². The van der Waals surface area contributed by atoms with Gasteiger partial charge in [-0.3, -0.25) is 9.79 Å². The number of hydrogen-bond donors (Lipinski definition) is 2. The van der Waals surface area contributed by atoms with Crippen LogP contribution in [0, 0.1) is 5.92 Å². The first-order valence-corrected chi connectivity index (χ1v) is 8.33. The predicted molar refractivity (Wildman–Crippen MR) is 104 cm³/mol. The lowest BCUT2D eigenvalue weighted by molar-refractivity contribution is -0.129. The van der Waals surface area contributed by atoms with Crippen molar-refractivity contribution in [2.75, 3.05) is 19.6 Å². The fourth-order valence-electron chi connectivity index (χ4n) is 2.60. The monoisotopic (exact) mass is 424 g/mol. The average Bonchev–Trinajstić information content (AvgIpc) is 2.91. The summed E-state index contributed by atoms with van der Waals surface area (Å²) in [6.45, 7) is 8.90. The van der Waals surface area contributed by atoms with Gasteiger partial charge >= 0.3 is 0 Å². The molecule has 1 rings (SSSR count). The average molecular weight is 424 g/mol. The van der Waals surface area contributed by atoms with E-state index in [0.717, 1.165) is 38.3 Å². The summed E-state index contributed by atoms with van der Waals surface area (Å²) in [5, 5.41) is 3.20. The Morgan fingerprint density at radius 1 is 1.23 bits per heavy atom. The van der Waals surface area contributed by atoms with Crippen LogP contribution in [0.3, 0.4) is 0 Å². The molecule has 1 aliphatic rings. The summed E-state index contributed by atoms with van der Waals surface area (Å²) in [7, 11) is 0. The second kappa shape index (κ2) is 12.0. The van der Waals surface area contributed by atoms with Crippen molar-refractivity contribution in [3.63, 3.8) is 0 Å². The molecule has 1 atom stereocenters. The van der Waals surface area contributed by atoms with Crippen LogP contribution < -0.4 is 11.1 Å². The molecule has 5 nitrogen and oxygen atoms in total. The molecule has 1 heterocycles. The third kappa shape index (κ3) is 9.48. The smallest absolute Gasteiger partial charge is 0.224 e. The minimum atomic E-state index is 0. The van der Waals surface area contributed by atoms with Gasteiger partial charge < -0.3 is 16.0 Å². The zero-order valence-corrected chi connectivity index (χ0v) is 16.6. The summed E-state index contributed by atoms with van der Waals surface area (Å²) in [6.07, 6.45) is 6.27. The lowest BCUT2D eigenvalue weighted by atomic mass is 10.0. The van der Waals surface area contributed by atoms with Gasteiger partial charge in [0, 0.05) is 25.6 Å². The molecule has 1 fully saturated rings. The van der Waals surface area contributed by atoms with Gasteiger partial charge in [-0.25, -0.2) is 0 Å². The topological polar surface area (TPSA) is 70.7 Å². The summed E-state index contributed by atoms with van der Waals surface area (Å²) in [4.78, 5) is 18.0. The van der Waals surface area contributed by atoms with Crippen LogP contribution in [-0.2, 0) is 4.79 Å². The highest BCUT2D eigenvalue weighted by Crippen LogP contribution is 2.09. The molecule has 0 radical (unpaired) electrons. The van der Waals surface area contributed by atoms with Crippen molar-refractivity contribution in [1.29, 1.82) is 0 Å². The van der Waals surface area contributed by atoms with Gasteiger partial charge in [0.2, 0.25) is 5.91 Å². The first-order chi connectivity index (χ1) is 9.99. The molecular formula is C16H33IN4O. The Labute approximate surface area is 152 Å². The van der Waals surface area contributed by atoms with Crippen molar-refractivity contribution in [2.45, 2.75) is 65.3 Å². The maximum Gasteiger partial charge on any atom is 0.224 e.